The third-order valence-electron chi connectivity index (χ3n) is 2.10. The van der Waals surface area contributed by atoms with E-state index in [1.807, 2.05) is 0 Å². The molecule has 0 amide bonds. The summed E-state index contributed by atoms with van der Waals surface area (Å²) in [6.07, 6.45) is 0. The van der Waals surface area contributed by atoms with Crippen molar-refractivity contribution in [1.29, 1.82) is 0 Å². The first-order chi connectivity index (χ1) is 6.97. The summed E-state index contributed by atoms with van der Waals surface area (Å²) in [6.45, 7) is 0. The average Bonchev–Trinajstić information content (AvgIpc) is 2.15. The number of benzene rings is 2. The highest BCUT2D eigenvalue weighted by atomic mass is 35.5. The molecule has 0 saturated heterocycles. The van der Waals surface area contributed by atoms with Crippen molar-refractivity contribution in [3.63, 3.8) is 0 Å². The summed E-state index contributed by atoms with van der Waals surface area (Å²) < 4.78 is 22.2. The third kappa shape index (κ3) is 2.65. The molecule has 2 aromatic carbocycles. The highest BCUT2D eigenvalue weighted by Crippen LogP contribution is 2.21. The molecule has 2 aromatic rings. The second-order valence-corrected chi connectivity index (χ2v) is 5.20. The van der Waals surface area contributed by atoms with Crippen molar-refractivity contribution >= 4 is 44.8 Å². The summed E-state index contributed by atoms with van der Waals surface area (Å²) in [5.74, 6) is 0. The van der Waals surface area contributed by atoms with Crippen LogP contribution in [0.15, 0.2) is 41.3 Å². The van der Waals surface area contributed by atoms with Crippen LogP contribution in [0.3, 0.4) is 0 Å². The second-order valence-electron chi connectivity index (χ2n) is 3.20. The zero-order valence-corrected chi connectivity index (χ0v) is 10.4. The number of sulfonamides is 1. The zero-order valence-electron chi connectivity index (χ0n) is 8.05. The molecular weight excluding hydrogens is 269 g/mol. The van der Waals surface area contributed by atoms with E-state index in [-0.39, 0.29) is 17.3 Å². The van der Waals surface area contributed by atoms with Crippen LogP contribution in [0, 0.1) is 0 Å². The normalized spacial score (nSPS) is 11.1. The molecule has 86 valence electrons. The Labute approximate surface area is 105 Å². The SMILES string of the molecule is Cl.NS(=O)(=O)c1ccc2cc(Cl)ccc2c1. The van der Waals surface area contributed by atoms with E-state index in [0.717, 1.165) is 10.8 Å². The van der Waals surface area contributed by atoms with E-state index in [9.17, 15) is 8.42 Å². The van der Waals surface area contributed by atoms with Gasteiger partial charge in [0.25, 0.3) is 0 Å². The molecule has 0 atom stereocenters. The molecule has 0 unspecified atom stereocenters. The first-order valence-electron chi connectivity index (χ1n) is 4.19. The van der Waals surface area contributed by atoms with Gasteiger partial charge < -0.3 is 0 Å². The van der Waals surface area contributed by atoms with Crippen LogP contribution in [0.2, 0.25) is 5.02 Å². The van der Waals surface area contributed by atoms with Crippen molar-refractivity contribution < 1.29 is 8.42 Å². The van der Waals surface area contributed by atoms with E-state index in [1.165, 1.54) is 12.1 Å². The van der Waals surface area contributed by atoms with Crippen molar-refractivity contribution in [3.05, 3.63) is 41.4 Å². The van der Waals surface area contributed by atoms with Gasteiger partial charge >= 0.3 is 0 Å². The van der Waals surface area contributed by atoms with Gasteiger partial charge in [0.1, 0.15) is 0 Å². The predicted octanol–water partition coefficient (Wildman–Crippen LogP) is 2.56. The second kappa shape index (κ2) is 4.59. The van der Waals surface area contributed by atoms with Gasteiger partial charge in [-0.3, -0.25) is 0 Å². The standard InChI is InChI=1S/C10H8ClNO2S.ClH/c11-9-3-1-8-6-10(15(12,13)14)4-2-7(8)5-9;/h1-6H,(H2,12,13,14);1H. The summed E-state index contributed by atoms with van der Waals surface area (Å²) in [4.78, 5) is 0.109. The van der Waals surface area contributed by atoms with Crippen molar-refractivity contribution in [2.24, 2.45) is 5.14 Å². The molecule has 0 radical (unpaired) electrons. The molecule has 0 bridgehead atoms. The Morgan fingerprint density at radius 1 is 1.00 bits per heavy atom. The first kappa shape index (κ1) is 13.3. The van der Waals surface area contributed by atoms with Gasteiger partial charge in [-0.25, -0.2) is 13.6 Å². The molecule has 0 saturated carbocycles. The minimum Gasteiger partial charge on any atom is -0.225 e. The van der Waals surface area contributed by atoms with Crippen LogP contribution in [0.5, 0.6) is 0 Å². The number of fused-ring (bicyclic) bond motifs is 1. The Kier molecular flexibility index (Phi) is 3.80. The lowest BCUT2D eigenvalue weighted by molar-refractivity contribution is 0.598. The van der Waals surface area contributed by atoms with Gasteiger partial charge in [0.2, 0.25) is 10.0 Å². The minimum absolute atomic E-state index is 0. The molecule has 0 spiro atoms. The van der Waals surface area contributed by atoms with Crippen LogP contribution in [-0.2, 0) is 10.0 Å². The smallest absolute Gasteiger partial charge is 0.225 e. The van der Waals surface area contributed by atoms with Gasteiger partial charge in [-0.1, -0.05) is 23.7 Å². The number of hydrogen-bond acceptors (Lipinski definition) is 2. The van der Waals surface area contributed by atoms with E-state index in [1.54, 1.807) is 24.3 Å². The average molecular weight is 278 g/mol. The number of hydrogen-bond donors (Lipinski definition) is 1. The van der Waals surface area contributed by atoms with E-state index in [0.29, 0.717) is 5.02 Å². The van der Waals surface area contributed by atoms with Crippen LogP contribution >= 0.6 is 24.0 Å². The van der Waals surface area contributed by atoms with Crippen LogP contribution in [-0.4, -0.2) is 8.42 Å². The van der Waals surface area contributed by atoms with E-state index in [4.69, 9.17) is 16.7 Å². The Bertz CT molecular complexity index is 626. The summed E-state index contributed by atoms with van der Waals surface area (Å²) in [6, 6.07) is 9.91. The fourth-order valence-electron chi connectivity index (χ4n) is 1.37. The highest BCUT2D eigenvalue weighted by molar-refractivity contribution is 7.89. The monoisotopic (exact) mass is 277 g/mol. The van der Waals surface area contributed by atoms with E-state index >= 15 is 0 Å². The lowest BCUT2D eigenvalue weighted by atomic mass is 10.1. The minimum atomic E-state index is -3.64. The molecule has 0 aliphatic rings. The zero-order chi connectivity index (χ0) is 11.1. The molecular formula is C10H9Cl2NO2S. The molecule has 2 rings (SSSR count). The molecule has 16 heavy (non-hydrogen) atoms. The Hall–Kier alpha value is -0.810. The predicted molar refractivity (Wildman–Crippen MR) is 67.6 cm³/mol. The van der Waals surface area contributed by atoms with E-state index in [2.05, 4.69) is 0 Å². The number of halogens is 2. The number of primary sulfonamides is 1. The van der Waals surface area contributed by atoms with Gasteiger partial charge in [0.15, 0.2) is 0 Å². The van der Waals surface area contributed by atoms with Gasteiger partial charge in [0, 0.05) is 5.02 Å². The van der Waals surface area contributed by atoms with Gasteiger partial charge in [-0.15, -0.1) is 12.4 Å². The van der Waals surface area contributed by atoms with Crippen molar-refractivity contribution in [2.45, 2.75) is 4.90 Å². The molecule has 0 heterocycles. The maximum Gasteiger partial charge on any atom is 0.238 e. The van der Waals surface area contributed by atoms with Gasteiger partial charge in [-0.05, 0) is 35.0 Å². The van der Waals surface area contributed by atoms with Crippen LogP contribution in [0.4, 0.5) is 0 Å². The number of nitrogens with two attached hydrogens (primary N) is 1. The quantitative estimate of drug-likeness (QED) is 0.871. The summed E-state index contributed by atoms with van der Waals surface area (Å²) >= 11 is 5.81. The summed E-state index contributed by atoms with van der Waals surface area (Å²) in [5, 5.41) is 7.32. The number of rotatable bonds is 1. The molecule has 0 aromatic heterocycles. The third-order valence-corrected chi connectivity index (χ3v) is 3.25. The molecule has 6 heteroatoms. The topological polar surface area (TPSA) is 60.2 Å². The molecule has 3 nitrogen and oxygen atoms in total. The van der Waals surface area contributed by atoms with E-state index < -0.39 is 10.0 Å². The Balaban J connectivity index is 0.00000128. The fraction of sp³-hybridized carbons (Fsp3) is 0. The van der Waals surface area contributed by atoms with Crippen LogP contribution < -0.4 is 5.14 Å². The highest BCUT2D eigenvalue weighted by Gasteiger charge is 2.07. The Morgan fingerprint density at radius 2 is 1.56 bits per heavy atom. The first-order valence-corrected chi connectivity index (χ1v) is 6.11. The Morgan fingerprint density at radius 3 is 2.19 bits per heavy atom. The van der Waals surface area contributed by atoms with Gasteiger partial charge in [-0.2, -0.15) is 0 Å². The lowest BCUT2D eigenvalue weighted by Gasteiger charge is -2.01. The molecule has 2 N–H and O–H groups in total. The molecule has 0 aliphatic carbocycles. The molecule has 0 aliphatic heterocycles. The lowest BCUT2D eigenvalue weighted by Crippen LogP contribution is -2.11. The van der Waals surface area contributed by atoms with Crippen LogP contribution in [0.25, 0.3) is 10.8 Å². The van der Waals surface area contributed by atoms with Crippen molar-refractivity contribution in [1.82, 2.24) is 0 Å². The van der Waals surface area contributed by atoms with Gasteiger partial charge in [0.05, 0.1) is 4.90 Å². The largest absolute Gasteiger partial charge is 0.238 e. The van der Waals surface area contributed by atoms with Crippen molar-refractivity contribution in [2.75, 3.05) is 0 Å². The van der Waals surface area contributed by atoms with Crippen LogP contribution in [0.1, 0.15) is 0 Å². The summed E-state index contributed by atoms with van der Waals surface area (Å²) in [5.41, 5.74) is 0. The maximum absolute atomic E-state index is 11.1. The summed E-state index contributed by atoms with van der Waals surface area (Å²) in [7, 11) is -3.64. The van der Waals surface area contributed by atoms with Crippen molar-refractivity contribution in [3.8, 4) is 0 Å². The molecule has 0 fully saturated rings. The maximum atomic E-state index is 11.1. The fourth-order valence-corrected chi connectivity index (χ4v) is 2.10.